The van der Waals surface area contributed by atoms with E-state index in [0.717, 1.165) is 0 Å². The van der Waals surface area contributed by atoms with Crippen LogP contribution in [0.2, 0.25) is 0 Å². The maximum absolute atomic E-state index is 13.6. The second-order valence-corrected chi connectivity index (χ2v) is 5.30. The molecule has 0 amide bonds. The Labute approximate surface area is 143 Å². The Morgan fingerprint density at radius 3 is 2.68 bits per heavy atom. The zero-order chi connectivity index (χ0) is 17.8. The maximum Gasteiger partial charge on any atom is 0.310 e. The average Bonchev–Trinajstić information content (AvgIpc) is 3.07. The van der Waals surface area contributed by atoms with Crippen molar-refractivity contribution in [3.63, 3.8) is 0 Å². The number of methoxy groups -OCH3 is 1. The monoisotopic (exact) mass is 346 g/mol. The molecule has 0 atom stereocenters. The molecule has 1 aliphatic heterocycles. The molecule has 1 aliphatic rings. The Morgan fingerprint density at radius 1 is 1.12 bits per heavy atom. The Hall–Kier alpha value is -3.09. The van der Waals surface area contributed by atoms with Crippen molar-refractivity contribution < 1.29 is 32.9 Å². The Morgan fingerprint density at radius 2 is 1.92 bits per heavy atom. The molecule has 0 spiro atoms. The van der Waals surface area contributed by atoms with Crippen LogP contribution in [0.15, 0.2) is 36.4 Å². The average molecular weight is 346 g/mol. The number of hydrogen-bond acceptors (Lipinski definition) is 6. The van der Waals surface area contributed by atoms with Crippen LogP contribution >= 0.6 is 0 Å². The number of halogens is 1. The smallest absolute Gasteiger partial charge is 0.310 e. The Bertz CT molecular complexity index is 817. The summed E-state index contributed by atoms with van der Waals surface area (Å²) in [5, 5.41) is 0. The van der Waals surface area contributed by atoms with Gasteiger partial charge < -0.3 is 18.9 Å². The standard InChI is InChI=1S/C18H15FO6/c1-22-15-4-2-11(6-13(15)19)7-18(21)23-9-14(20)12-3-5-16-17(8-12)25-10-24-16/h2-6,8H,7,9-10H2,1H3. The number of esters is 1. The van der Waals surface area contributed by atoms with Crippen LogP contribution in [0.5, 0.6) is 17.2 Å². The SMILES string of the molecule is COc1ccc(CC(=O)OCC(=O)c2ccc3c(c2)OCO3)cc1F. The number of carbonyl (C=O) groups excluding carboxylic acids is 2. The second kappa shape index (κ2) is 7.21. The molecule has 0 saturated heterocycles. The molecule has 0 radical (unpaired) electrons. The van der Waals surface area contributed by atoms with Gasteiger partial charge in [0.25, 0.3) is 0 Å². The minimum Gasteiger partial charge on any atom is -0.494 e. The van der Waals surface area contributed by atoms with Gasteiger partial charge in [0.1, 0.15) is 0 Å². The molecular weight excluding hydrogens is 331 g/mol. The van der Waals surface area contributed by atoms with E-state index in [1.807, 2.05) is 0 Å². The molecule has 7 heteroatoms. The highest BCUT2D eigenvalue weighted by atomic mass is 19.1. The van der Waals surface area contributed by atoms with Crippen LogP contribution in [0.3, 0.4) is 0 Å². The molecule has 2 aromatic rings. The third-order valence-corrected chi connectivity index (χ3v) is 3.62. The van der Waals surface area contributed by atoms with Crippen molar-refractivity contribution >= 4 is 11.8 Å². The number of rotatable bonds is 6. The van der Waals surface area contributed by atoms with Crippen LogP contribution in [0.4, 0.5) is 4.39 Å². The number of Topliss-reactive ketones (excluding diaryl/α,β-unsaturated/α-hetero) is 1. The molecule has 3 rings (SSSR count). The molecule has 0 N–H and O–H groups in total. The van der Waals surface area contributed by atoms with E-state index < -0.39 is 18.4 Å². The van der Waals surface area contributed by atoms with Gasteiger partial charge in [-0.1, -0.05) is 6.07 Å². The molecule has 0 fully saturated rings. The zero-order valence-corrected chi connectivity index (χ0v) is 13.4. The van der Waals surface area contributed by atoms with Gasteiger partial charge in [-0.2, -0.15) is 0 Å². The minimum atomic E-state index is -0.626. The molecular formula is C18H15FO6. The summed E-state index contributed by atoms with van der Waals surface area (Å²) in [6, 6.07) is 8.91. The summed E-state index contributed by atoms with van der Waals surface area (Å²) >= 11 is 0. The topological polar surface area (TPSA) is 71.1 Å². The van der Waals surface area contributed by atoms with Crippen LogP contribution in [0.1, 0.15) is 15.9 Å². The molecule has 0 unspecified atom stereocenters. The lowest BCUT2D eigenvalue weighted by atomic mass is 10.1. The van der Waals surface area contributed by atoms with Crippen molar-refractivity contribution in [1.82, 2.24) is 0 Å². The summed E-state index contributed by atoms with van der Waals surface area (Å²) in [4.78, 5) is 23.9. The number of carbonyl (C=O) groups is 2. The highest BCUT2D eigenvalue weighted by Crippen LogP contribution is 2.32. The first kappa shape index (κ1) is 16.8. The molecule has 25 heavy (non-hydrogen) atoms. The van der Waals surface area contributed by atoms with Crippen molar-refractivity contribution in [3.05, 3.63) is 53.3 Å². The van der Waals surface area contributed by atoms with Crippen molar-refractivity contribution in [3.8, 4) is 17.2 Å². The number of ether oxygens (including phenoxy) is 4. The van der Waals surface area contributed by atoms with Gasteiger partial charge in [-0.15, -0.1) is 0 Å². The second-order valence-electron chi connectivity index (χ2n) is 5.30. The van der Waals surface area contributed by atoms with Crippen LogP contribution in [0.25, 0.3) is 0 Å². The van der Waals surface area contributed by atoms with E-state index in [9.17, 15) is 14.0 Å². The van der Waals surface area contributed by atoms with E-state index >= 15 is 0 Å². The van der Waals surface area contributed by atoms with Crippen molar-refractivity contribution in [1.29, 1.82) is 0 Å². The third kappa shape index (κ3) is 3.88. The van der Waals surface area contributed by atoms with E-state index in [4.69, 9.17) is 18.9 Å². The van der Waals surface area contributed by atoms with Gasteiger partial charge in [0.15, 0.2) is 35.5 Å². The fourth-order valence-corrected chi connectivity index (χ4v) is 2.34. The first-order valence-corrected chi connectivity index (χ1v) is 7.47. The summed E-state index contributed by atoms with van der Waals surface area (Å²) in [7, 11) is 1.36. The summed E-state index contributed by atoms with van der Waals surface area (Å²) in [5.74, 6) is -0.425. The van der Waals surface area contributed by atoms with Crippen LogP contribution in [-0.2, 0) is 16.0 Å². The number of benzene rings is 2. The molecule has 130 valence electrons. The van der Waals surface area contributed by atoms with E-state index in [0.29, 0.717) is 22.6 Å². The molecule has 0 saturated carbocycles. The molecule has 6 nitrogen and oxygen atoms in total. The summed E-state index contributed by atoms with van der Waals surface area (Å²) < 4.78 is 33.7. The van der Waals surface area contributed by atoms with Crippen molar-refractivity contribution in [2.45, 2.75) is 6.42 Å². The lowest BCUT2D eigenvalue weighted by Gasteiger charge is -2.07. The summed E-state index contributed by atoms with van der Waals surface area (Å²) in [6.45, 7) is -0.294. The molecule has 0 aliphatic carbocycles. The van der Waals surface area contributed by atoms with Crippen molar-refractivity contribution in [2.24, 2.45) is 0 Å². The highest BCUT2D eigenvalue weighted by molar-refractivity contribution is 5.98. The van der Waals surface area contributed by atoms with Gasteiger partial charge >= 0.3 is 5.97 Å². The van der Waals surface area contributed by atoms with Gasteiger partial charge in [0.2, 0.25) is 6.79 Å². The number of ketones is 1. The minimum absolute atomic E-state index is 0.0927. The molecule has 0 aromatic heterocycles. The molecule has 1 heterocycles. The van der Waals surface area contributed by atoms with Gasteiger partial charge in [-0.05, 0) is 35.9 Å². The van der Waals surface area contributed by atoms with Gasteiger partial charge in [-0.25, -0.2) is 4.39 Å². The lowest BCUT2D eigenvalue weighted by Crippen LogP contribution is -2.15. The van der Waals surface area contributed by atoms with Crippen LogP contribution in [-0.4, -0.2) is 32.3 Å². The van der Waals surface area contributed by atoms with E-state index in [1.54, 1.807) is 18.2 Å². The number of fused-ring (bicyclic) bond motifs is 1. The Balaban J connectivity index is 1.55. The summed E-state index contributed by atoms with van der Waals surface area (Å²) in [6.07, 6.45) is -0.144. The fraction of sp³-hybridized carbons (Fsp3) is 0.222. The first-order valence-electron chi connectivity index (χ1n) is 7.47. The first-order chi connectivity index (χ1) is 12.1. The summed E-state index contributed by atoms with van der Waals surface area (Å²) in [5.41, 5.74) is 0.784. The van der Waals surface area contributed by atoms with Crippen LogP contribution < -0.4 is 14.2 Å². The lowest BCUT2D eigenvalue weighted by molar-refractivity contribution is -0.141. The molecule has 0 bridgehead atoms. The van der Waals surface area contributed by atoms with E-state index in [-0.39, 0.29) is 24.7 Å². The van der Waals surface area contributed by atoms with Crippen molar-refractivity contribution in [2.75, 3.05) is 20.5 Å². The quantitative estimate of drug-likeness (QED) is 0.591. The highest BCUT2D eigenvalue weighted by Gasteiger charge is 2.17. The predicted molar refractivity (Wildman–Crippen MR) is 84.5 cm³/mol. The predicted octanol–water partition coefficient (Wildman–Crippen LogP) is 2.53. The zero-order valence-electron chi connectivity index (χ0n) is 13.4. The van der Waals surface area contributed by atoms with Gasteiger partial charge in [0, 0.05) is 5.56 Å². The normalized spacial score (nSPS) is 11.9. The largest absolute Gasteiger partial charge is 0.494 e. The maximum atomic E-state index is 13.6. The fourth-order valence-electron chi connectivity index (χ4n) is 2.34. The third-order valence-electron chi connectivity index (χ3n) is 3.62. The molecule has 2 aromatic carbocycles. The number of hydrogen-bond donors (Lipinski definition) is 0. The van der Waals surface area contributed by atoms with Gasteiger partial charge in [-0.3, -0.25) is 9.59 Å². The van der Waals surface area contributed by atoms with Gasteiger partial charge in [0.05, 0.1) is 13.5 Å². The van der Waals surface area contributed by atoms with Crippen LogP contribution in [0, 0.1) is 5.82 Å². The van der Waals surface area contributed by atoms with E-state index in [1.165, 1.54) is 25.3 Å². The Kier molecular flexibility index (Phi) is 4.83. The van der Waals surface area contributed by atoms with E-state index in [2.05, 4.69) is 0 Å².